The number of nitrogens with zero attached hydrogens (tertiary/aromatic N) is 3. The third-order valence-corrected chi connectivity index (χ3v) is 3.33. The van der Waals surface area contributed by atoms with Crippen LogP contribution in [0.15, 0.2) is 17.2 Å². The molecule has 0 spiro atoms. The average molecular weight is 288 g/mol. The monoisotopic (exact) mass is 287 g/mol. The summed E-state index contributed by atoms with van der Waals surface area (Å²) >= 11 is 3.39. The largest absolute Gasteiger partial charge is 0.374 e. The topological polar surface area (TPSA) is 47.4 Å². The molecule has 1 aliphatic rings. The normalized spacial score (nSPS) is 21.1. The second-order valence-electron chi connectivity index (χ2n) is 3.76. The Kier molecular flexibility index (Phi) is 3.60. The van der Waals surface area contributed by atoms with Gasteiger partial charge >= 0.3 is 0 Å². The van der Waals surface area contributed by atoms with Crippen molar-refractivity contribution in [1.29, 1.82) is 0 Å². The molecule has 0 aliphatic carbocycles. The third kappa shape index (κ3) is 2.27. The Balaban J connectivity index is 2.23. The number of morpholine rings is 1. The molecule has 88 valence electrons. The Bertz CT molecular complexity index is 421. The van der Waals surface area contributed by atoms with E-state index in [0.29, 0.717) is 19.0 Å². The van der Waals surface area contributed by atoms with Crippen molar-refractivity contribution >= 4 is 21.7 Å². The molecule has 1 atom stereocenters. The fourth-order valence-electron chi connectivity index (χ4n) is 1.71. The van der Waals surface area contributed by atoms with Gasteiger partial charge in [-0.2, -0.15) is 0 Å². The van der Waals surface area contributed by atoms with E-state index in [1.165, 1.54) is 0 Å². The Morgan fingerprint density at radius 2 is 2.50 bits per heavy atom. The Morgan fingerprint density at radius 3 is 3.25 bits per heavy atom. The van der Waals surface area contributed by atoms with Gasteiger partial charge in [0.1, 0.15) is 0 Å². The van der Waals surface area contributed by atoms with Gasteiger partial charge in [-0.3, -0.25) is 4.79 Å². The van der Waals surface area contributed by atoms with Crippen molar-refractivity contribution in [2.75, 3.05) is 29.9 Å². The van der Waals surface area contributed by atoms with E-state index in [2.05, 4.69) is 20.9 Å². The molecule has 2 heterocycles. The van der Waals surface area contributed by atoms with E-state index in [9.17, 15) is 4.79 Å². The summed E-state index contributed by atoms with van der Waals surface area (Å²) < 4.78 is 7.07. The highest BCUT2D eigenvalue weighted by atomic mass is 79.9. The van der Waals surface area contributed by atoms with Crippen molar-refractivity contribution in [3.63, 3.8) is 0 Å². The van der Waals surface area contributed by atoms with E-state index in [1.807, 2.05) is 4.90 Å². The predicted octanol–water partition coefficient (Wildman–Crippen LogP) is 0.380. The van der Waals surface area contributed by atoms with E-state index in [0.717, 1.165) is 11.9 Å². The number of aryl methyl sites for hydroxylation is 1. The van der Waals surface area contributed by atoms with Crippen molar-refractivity contribution in [2.24, 2.45) is 7.05 Å². The van der Waals surface area contributed by atoms with Crippen LogP contribution < -0.4 is 10.5 Å². The molecule has 1 aromatic rings. The minimum Gasteiger partial charge on any atom is -0.374 e. The second-order valence-corrected chi connectivity index (χ2v) is 4.41. The predicted molar refractivity (Wildman–Crippen MR) is 65.2 cm³/mol. The Morgan fingerprint density at radius 1 is 1.69 bits per heavy atom. The van der Waals surface area contributed by atoms with Gasteiger partial charge in [-0.25, -0.2) is 4.98 Å². The van der Waals surface area contributed by atoms with Gasteiger partial charge in [-0.1, -0.05) is 15.9 Å². The van der Waals surface area contributed by atoms with Crippen LogP contribution in [0, 0.1) is 0 Å². The first kappa shape index (κ1) is 11.6. The van der Waals surface area contributed by atoms with Gasteiger partial charge in [0.2, 0.25) is 0 Å². The summed E-state index contributed by atoms with van der Waals surface area (Å²) in [5.74, 6) is 0.513. The Labute approximate surface area is 102 Å². The standard InChI is InChI=1S/C10H14BrN3O2/c1-13-3-2-12-9(10(13)15)14-4-5-16-8(6-11)7-14/h2-3,8H,4-7H2,1H3. The molecule has 0 bridgehead atoms. The molecule has 1 aromatic heterocycles. The maximum absolute atomic E-state index is 11.9. The van der Waals surface area contributed by atoms with Gasteiger partial charge in [0.25, 0.3) is 5.56 Å². The van der Waals surface area contributed by atoms with Crippen LogP contribution in [-0.2, 0) is 11.8 Å². The summed E-state index contributed by atoms with van der Waals surface area (Å²) in [6.45, 7) is 2.06. The highest BCUT2D eigenvalue weighted by Crippen LogP contribution is 2.12. The lowest BCUT2D eigenvalue weighted by Crippen LogP contribution is -2.46. The van der Waals surface area contributed by atoms with Crippen LogP contribution in [-0.4, -0.2) is 40.7 Å². The van der Waals surface area contributed by atoms with Crippen molar-refractivity contribution in [3.8, 4) is 0 Å². The van der Waals surface area contributed by atoms with Crippen LogP contribution in [0.25, 0.3) is 0 Å². The average Bonchev–Trinajstić information content (AvgIpc) is 2.33. The molecular formula is C10H14BrN3O2. The van der Waals surface area contributed by atoms with Crippen LogP contribution in [0.4, 0.5) is 5.82 Å². The molecule has 0 aromatic carbocycles. The number of hydrogen-bond acceptors (Lipinski definition) is 4. The fourth-order valence-corrected chi connectivity index (χ4v) is 2.10. The maximum Gasteiger partial charge on any atom is 0.293 e. The highest BCUT2D eigenvalue weighted by Gasteiger charge is 2.22. The molecule has 5 nitrogen and oxygen atoms in total. The summed E-state index contributed by atoms with van der Waals surface area (Å²) in [6, 6.07) is 0. The quantitative estimate of drug-likeness (QED) is 0.738. The van der Waals surface area contributed by atoms with Crippen molar-refractivity contribution in [1.82, 2.24) is 9.55 Å². The molecule has 0 N–H and O–H groups in total. The number of alkyl halides is 1. The molecule has 16 heavy (non-hydrogen) atoms. The fraction of sp³-hybridized carbons (Fsp3) is 0.600. The van der Waals surface area contributed by atoms with E-state index in [4.69, 9.17) is 4.74 Å². The van der Waals surface area contributed by atoms with Gasteiger partial charge in [0.15, 0.2) is 5.82 Å². The van der Waals surface area contributed by atoms with Gasteiger partial charge in [-0.15, -0.1) is 0 Å². The number of anilines is 1. The minimum atomic E-state index is -0.0577. The summed E-state index contributed by atoms with van der Waals surface area (Å²) in [5.41, 5.74) is -0.0577. The summed E-state index contributed by atoms with van der Waals surface area (Å²) in [4.78, 5) is 18.0. The molecule has 0 radical (unpaired) electrons. The molecule has 6 heteroatoms. The molecule has 0 amide bonds. The van der Waals surface area contributed by atoms with Crippen LogP contribution in [0.2, 0.25) is 0 Å². The lowest BCUT2D eigenvalue weighted by molar-refractivity contribution is 0.0567. The first-order valence-electron chi connectivity index (χ1n) is 5.16. The van der Waals surface area contributed by atoms with Crippen LogP contribution in [0.5, 0.6) is 0 Å². The smallest absolute Gasteiger partial charge is 0.293 e. The summed E-state index contributed by atoms with van der Waals surface area (Å²) in [7, 11) is 1.73. The molecule has 0 saturated carbocycles. The minimum absolute atomic E-state index is 0.0577. The number of hydrogen-bond donors (Lipinski definition) is 0. The molecule has 1 fully saturated rings. The lowest BCUT2D eigenvalue weighted by Gasteiger charge is -2.32. The Hall–Kier alpha value is -0.880. The molecule has 1 aliphatic heterocycles. The third-order valence-electron chi connectivity index (χ3n) is 2.61. The first-order chi connectivity index (χ1) is 7.72. The zero-order valence-corrected chi connectivity index (χ0v) is 10.7. The number of ether oxygens (including phenoxy) is 1. The molecule has 2 rings (SSSR count). The summed E-state index contributed by atoms with van der Waals surface area (Å²) in [6.07, 6.45) is 3.43. The number of halogens is 1. The summed E-state index contributed by atoms with van der Waals surface area (Å²) in [5, 5.41) is 0.774. The van der Waals surface area contributed by atoms with Crippen LogP contribution in [0.3, 0.4) is 0 Å². The molecular weight excluding hydrogens is 274 g/mol. The van der Waals surface area contributed by atoms with Crippen molar-refractivity contribution in [2.45, 2.75) is 6.10 Å². The van der Waals surface area contributed by atoms with Gasteiger partial charge in [-0.05, 0) is 0 Å². The van der Waals surface area contributed by atoms with Crippen LogP contribution in [0.1, 0.15) is 0 Å². The van der Waals surface area contributed by atoms with E-state index in [1.54, 1.807) is 24.0 Å². The highest BCUT2D eigenvalue weighted by molar-refractivity contribution is 9.09. The molecule has 1 unspecified atom stereocenters. The van der Waals surface area contributed by atoms with E-state index < -0.39 is 0 Å². The van der Waals surface area contributed by atoms with Gasteiger partial charge in [0, 0.05) is 37.9 Å². The van der Waals surface area contributed by atoms with E-state index in [-0.39, 0.29) is 11.7 Å². The van der Waals surface area contributed by atoms with E-state index >= 15 is 0 Å². The first-order valence-corrected chi connectivity index (χ1v) is 6.28. The van der Waals surface area contributed by atoms with Crippen molar-refractivity contribution in [3.05, 3.63) is 22.7 Å². The number of rotatable bonds is 2. The maximum atomic E-state index is 11.9. The SMILES string of the molecule is Cn1ccnc(N2CCOC(CBr)C2)c1=O. The van der Waals surface area contributed by atoms with Gasteiger partial charge < -0.3 is 14.2 Å². The lowest BCUT2D eigenvalue weighted by atomic mass is 10.3. The van der Waals surface area contributed by atoms with Crippen molar-refractivity contribution < 1.29 is 4.74 Å². The number of aromatic nitrogens is 2. The van der Waals surface area contributed by atoms with Crippen LogP contribution >= 0.6 is 15.9 Å². The zero-order chi connectivity index (χ0) is 11.5. The zero-order valence-electron chi connectivity index (χ0n) is 9.10. The van der Waals surface area contributed by atoms with Gasteiger partial charge in [0.05, 0.1) is 12.7 Å². The second kappa shape index (κ2) is 4.97. The molecule has 1 saturated heterocycles.